The number of benzene rings is 2. The van der Waals surface area contributed by atoms with E-state index in [1.54, 1.807) is 24.3 Å². The molecule has 0 aliphatic carbocycles. The Bertz CT molecular complexity index is 1110. The first-order chi connectivity index (χ1) is 13.7. The number of hydrogen-bond acceptors (Lipinski definition) is 4. The topological polar surface area (TPSA) is 83.3 Å². The summed E-state index contributed by atoms with van der Waals surface area (Å²) >= 11 is 5.89. The number of nitrogens with zero attached hydrogens (tertiary/aromatic N) is 2. The van der Waals surface area contributed by atoms with E-state index in [0.717, 1.165) is 11.1 Å². The molecular formula is C21H15ClN4O2. The molecule has 0 saturated carbocycles. The van der Waals surface area contributed by atoms with Crippen molar-refractivity contribution < 1.29 is 9.21 Å². The molecule has 2 aromatic heterocycles. The number of H-pyrrole nitrogens is 1. The molecule has 0 spiro atoms. The molecule has 0 aliphatic heterocycles. The fourth-order valence-electron chi connectivity index (χ4n) is 2.60. The molecule has 0 atom stereocenters. The summed E-state index contributed by atoms with van der Waals surface area (Å²) in [6, 6.07) is 22.2. The third kappa shape index (κ3) is 4.02. The van der Waals surface area contributed by atoms with Crippen LogP contribution in [-0.2, 0) is 0 Å². The molecule has 6 nitrogen and oxygen atoms in total. The number of nitrogens with one attached hydrogen (secondary N) is 2. The van der Waals surface area contributed by atoms with Gasteiger partial charge in [-0.15, -0.1) is 0 Å². The van der Waals surface area contributed by atoms with Gasteiger partial charge in [-0.2, -0.15) is 10.2 Å². The maximum Gasteiger partial charge on any atom is 0.289 e. The van der Waals surface area contributed by atoms with Crippen molar-refractivity contribution in [1.82, 2.24) is 15.6 Å². The molecule has 138 valence electrons. The van der Waals surface area contributed by atoms with E-state index in [1.807, 2.05) is 48.5 Å². The van der Waals surface area contributed by atoms with Crippen LogP contribution in [0.4, 0.5) is 0 Å². The number of aromatic nitrogens is 2. The van der Waals surface area contributed by atoms with Gasteiger partial charge in [0.05, 0.1) is 11.9 Å². The number of hydrazone groups is 1. The van der Waals surface area contributed by atoms with Crippen LogP contribution in [0.2, 0.25) is 5.02 Å². The van der Waals surface area contributed by atoms with E-state index < -0.39 is 5.91 Å². The third-order valence-electron chi connectivity index (χ3n) is 4.01. The maximum absolute atomic E-state index is 12.2. The Hall–Kier alpha value is -3.64. The highest BCUT2D eigenvalue weighted by Crippen LogP contribution is 2.23. The fraction of sp³-hybridized carbons (Fsp3) is 0. The van der Waals surface area contributed by atoms with E-state index in [4.69, 9.17) is 16.0 Å². The summed E-state index contributed by atoms with van der Waals surface area (Å²) in [6.07, 6.45) is 1.44. The predicted octanol–water partition coefficient (Wildman–Crippen LogP) is 4.75. The monoisotopic (exact) mass is 390 g/mol. The first kappa shape index (κ1) is 17.8. The second-order valence-electron chi connectivity index (χ2n) is 5.94. The van der Waals surface area contributed by atoms with Crippen molar-refractivity contribution >= 4 is 23.7 Å². The summed E-state index contributed by atoms with van der Waals surface area (Å²) in [4.78, 5) is 12.2. The summed E-state index contributed by atoms with van der Waals surface area (Å²) in [5.41, 5.74) is 5.28. The van der Waals surface area contributed by atoms with Crippen LogP contribution in [0, 0.1) is 0 Å². The van der Waals surface area contributed by atoms with Gasteiger partial charge in [0.15, 0.2) is 0 Å². The van der Waals surface area contributed by atoms with Gasteiger partial charge in [-0.3, -0.25) is 9.89 Å². The number of hydrogen-bond donors (Lipinski definition) is 2. The van der Waals surface area contributed by atoms with Gasteiger partial charge >= 0.3 is 0 Å². The lowest BCUT2D eigenvalue weighted by molar-refractivity contribution is 0.0950. The average molecular weight is 391 g/mol. The summed E-state index contributed by atoms with van der Waals surface area (Å²) in [7, 11) is 0. The zero-order valence-electron chi connectivity index (χ0n) is 14.6. The lowest BCUT2D eigenvalue weighted by atomic mass is 10.1. The van der Waals surface area contributed by atoms with Crippen molar-refractivity contribution in [3.8, 4) is 22.6 Å². The van der Waals surface area contributed by atoms with E-state index in [-0.39, 0.29) is 0 Å². The van der Waals surface area contributed by atoms with E-state index >= 15 is 0 Å². The number of rotatable bonds is 5. The summed E-state index contributed by atoms with van der Waals surface area (Å²) in [6.45, 7) is 0. The highest BCUT2D eigenvalue weighted by atomic mass is 35.5. The maximum atomic E-state index is 12.2. The van der Waals surface area contributed by atoms with Gasteiger partial charge in [0.1, 0.15) is 17.2 Å². The summed E-state index contributed by atoms with van der Waals surface area (Å²) in [5.74, 6) is 0.806. The van der Waals surface area contributed by atoms with Gasteiger partial charge in [0.2, 0.25) is 0 Å². The van der Waals surface area contributed by atoms with E-state index in [0.29, 0.717) is 27.9 Å². The number of furan rings is 1. The Balaban J connectivity index is 1.39. The Morgan fingerprint density at radius 3 is 2.61 bits per heavy atom. The fourth-order valence-corrected chi connectivity index (χ4v) is 2.73. The van der Waals surface area contributed by atoms with Crippen molar-refractivity contribution in [2.75, 3.05) is 0 Å². The molecule has 2 aromatic carbocycles. The number of halogens is 1. The van der Waals surface area contributed by atoms with Crippen molar-refractivity contribution in [2.24, 2.45) is 5.10 Å². The second-order valence-corrected chi connectivity index (χ2v) is 6.38. The molecule has 4 rings (SSSR count). The minimum Gasteiger partial charge on any atom is -0.455 e. The highest BCUT2D eigenvalue weighted by Gasteiger charge is 2.10. The first-order valence-electron chi connectivity index (χ1n) is 8.49. The Kier molecular flexibility index (Phi) is 5.03. The van der Waals surface area contributed by atoms with Crippen LogP contribution >= 0.6 is 11.6 Å². The SMILES string of the molecule is O=C(NN=Cc1ccc(-c2ccc(Cl)cc2)o1)c1cc(-c2ccccc2)n[nH]1. The zero-order chi connectivity index (χ0) is 19.3. The molecular weight excluding hydrogens is 376 g/mol. The van der Waals surface area contributed by atoms with Crippen LogP contribution in [-0.4, -0.2) is 22.3 Å². The van der Waals surface area contributed by atoms with Crippen LogP contribution in [0.25, 0.3) is 22.6 Å². The minimum absolute atomic E-state index is 0.317. The molecule has 4 aromatic rings. The summed E-state index contributed by atoms with van der Waals surface area (Å²) < 4.78 is 5.70. The summed E-state index contributed by atoms with van der Waals surface area (Å²) in [5, 5.41) is 11.5. The quantitative estimate of drug-likeness (QED) is 0.381. The Labute approximate surface area is 165 Å². The molecule has 28 heavy (non-hydrogen) atoms. The number of amides is 1. The molecule has 1 amide bonds. The smallest absolute Gasteiger partial charge is 0.289 e. The number of carbonyl (C=O) groups excluding carboxylic acids is 1. The van der Waals surface area contributed by atoms with Gasteiger partial charge in [-0.25, -0.2) is 5.43 Å². The van der Waals surface area contributed by atoms with Crippen molar-refractivity contribution in [1.29, 1.82) is 0 Å². The molecule has 0 unspecified atom stereocenters. The largest absolute Gasteiger partial charge is 0.455 e. The van der Waals surface area contributed by atoms with Gasteiger partial charge in [-0.1, -0.05) is 41.9 Å². The molecule has 0 saturated heterocycles. The van der Waals surface area contributed by atoms with E-state index in [9.17, 15) is 4.79 Å². The minimum atomic E-state index is -0.393. The molecule has 7 heteroatoms. The molecule has 0 fully saturated rings. The lowest BCUT2D eigenvalue weighted by Crippen LogP contribution is -2.17. The second kappa shape index (κ2) is 7.94. The molecule has 0 aliphatic rings. The van der Waals surface area contributed by atoms with Crippen molar-refractivity contribution in [3.05, 3.63) is 89.3 Å². The predicted molar refractivity (Wildman–Crippen MR) is 108 cm³/mol. The Morgan fingerprint density at radius 2 is 1.82 bits per heavy atom. The van der Waals surface area contributed by atoms with Gasteiger partial charge < -0.3 is 4.42 Å². The standard InChI is InChI=1S/C21H15ClN4O2/c22-16-8-6-15(7-9-16)20-11-10-17(28-20)13-23-26-21(27)19-12-18(24-25-19)14-4-2-1-3-5-14/h1-13H,(H,24,25)(H,26,27). The van der Waals surface area contributed by atoms with Crippen LogP contribution in [0.1, 0.15) is 16.2 Å². The number of carbonyl (C=O) groups is 1. The molecule has 0 bridgehead atoms. The molecule has 2 heterocycles. The van der Waals surface area contributed by atoms with Gasteiger partial charge in [0.25, 0.3) is 5.91 Å². The van der Waals surface area contributed by atoms with Gasteiger partial charge in [-0.05, 0) is 42.5 Å². The van der Waals surface area contributed by atoms with Crippen LogP contribution in [0.3, 0.4) is 0 Å². The lowest BCUT2D eigenvalue weighted by Gasteiger charge is -1.96. The van der Waals surface area contributed by atoms with Crippen LogP contribution in [0.15, 0.2) is 82.3 Å². The highest BCUT2D eigenvalue weighted by molar-refractivity contribution is 6.30. The number of aromatic amines is 1. The first-order valence-corrected chi connectivity index (χ1v) is 8.87. The molecule has 0 radical (unpaired) electrons. The van der Waals surface area contributed by atoms with Crippen LogP contribution < -0.4 is 5.43 Å². The van der Waals surface area contributed by atoms with Crippen LogP contribution in [0.5, 0.6) is 0 Å². The molecule has 2 N–H and O–H groups in total. The van der Waals surface area contributed by atoms with E-state index in [2.05, 4.69) is 20.7 Å². The average Bonchev–Trinajstić information content (AvgIpc) is 3.39. The Morgan fingerprint density at radius 1 is 1.04 bits per heavy atom. The third-order valence-corrected chi connectivity index (χ3v) is 4.26. The van der Waals surface area contributed by atoms with Gasteiger partial charge in [0, 0.05) is 16.1 Å². The van der Waals surface area contributed by atoms with Crippen molar-refractivity contribution in [2.45, 2.75) is 0 Å². The van der Waals surface area contributed by atoms with E-state index in [1.165, 1.54) is 6.21 Å². The normalized spacial score (nSPS) is 11.0. The van der Waals surface area contributed by atoms with Crippen molar-refractivity contribution in [3.63, 3.8) is 0 Å². The zero-order valence-corrected chi connectivity index (χ0v) is 15.4.